The van der Waals surface area contributed by atoms with Crippen molar-refractivity contribution in [3.05, 3.63) is 46.5 Å². The number of carbonyl (C=O) groups is 2. The van der Waals surface area contributed by atoms with Crippen LogP contribution in [-0.2, 0) is 23.8 Å². The summed E-state index contributed by atoms with van der Waals surface area (Å²) in [4.78, 5) is 26.6. The molecule has 28 heavy (non-hydrogen) atoms. The monoisotopic (exact) mass is 539 g/mol. The van der Waals surface area contributed by atoms with Crippen molar-refractivity contribution in [1.82, 2.24) is 4.90 Å². The van der Waals surface area contributed by atoms with E-state index in [2.05, 4.69) is 0 Å². The first-order chi connectivity index (χ1) is 13.5. The summed E-state index contributed by atoms with van der Waals surface area (Å²) in [5.41, 5.74) is 1.58. The summed E-state index contributed by atoms with van der Waals surface area (Å²) in [5.74, 6) is -0.249. The van der Waals surface area contributed by atoms with Crippen molar-refractivity contribution in [2.45, 2.75) is 17.7 Å². The number of alkyl halides is 1. The highest BCUT2D eigenvalue weighted by Crippen LogP contribution is 2.35. The average molecular weight is 540 g/mol. The van der Waals surface area contributed by atoms with Gasteiger partial charge in [0.1, 0.15) is 10.7 Å². The van der Waals surface area contributed by atoms with Crippen LogP contribution in [0.25, 0.3) is 0 Å². The highest BCUT2D eigenvalue weighted by Gasteiger charge is 2.35. The Bertz CT molecular complexity index is 717. The van der Waals surface area contributed by atoms with E-state index in [1.807, 2.05) is 45.7 Å². The lowest BCUT2D eigenvalue weighted by Gasteiger charge is -2.38. The second-order valence-electron chi connectivity index (χ2n) is 6.06. The predicted octanol–water partition coefficient (Wildman–Crippen LogP) is 3.83. The maximum atomic E-state index is 12.6. The molecule has 0 N–H and O–H groups in total. The third-order valence-corrected chi connectivity index (χ3v) is 6.32. The third kappa shape index (κ3) is 6.35. The van der Waals surface area contributed by atoms with Crippen LogP contribution in [0.15, 0.2) is 35.9 Å². The first-order valence-electron chi connectivity index (χ1n) is 8.61. The van der Waals surface area contributed by atoms with Crippen molar-refractivity contribution in [2.24, 2.45) is 0 Å². The van der Waals surface area contributed by atoms with Gasteiger partial charge in [-0.1, -0.05) is 29.8 Å². The van der Waals surface area contributed by atoms with E-state index in [4.69, 9.17) is 25.8 Å². The summed E-state index contributed by atoms with van der Waals surface area (Å²) in [6, 6.07) is 6.59. The van der Waals surface area contributed by atoms with Crippen LogP contribution in [-0.4, -0.2) is 60.0 Å². The molecule has 1 unspecified atom stereocenters. The molecule has 0 spiro atoms. The number of thioether (sulfide) groups is 1. The zero-order valence-electron chi connectivity index (χ0n) is 15.7. The van der Waals surface area contributed by atoms with Gasteiger partial charge in [-0.3, -0.25) is 4.90 Å². The number of carbonyl (C=O) groups excluding carboxylic acids is 2. The van der Waals surface area contributed by atoms with Crippen LogP contribution in [0.1, 0.15) is 18.0 Å². The lowest BCUT2D eigenvalue weighted by molar-refractivity contribution is -0.147. The van der Waals surface area contributed by atoms with E-state index >= 15 is 0 Å². The lowest BCUT2D eigenvalue weighted by atomic mass is 9.98. The summed E-state index contributed by atoms with van der Waals surface area (Å²) in [6.45, 7) is 1.09. The van der Waals surface area contributed by atoms with Gasteiger partial charge in [-0.15, -0.1) is 11.8 Å². The topological polar surface area (TPSA) is 65.1 Å². The molecule has 0 aliphatic carbocycles. The Labute approximate surface area is 188 Å². The van der Waals surface area contributed by atoms with Gasteiger partial charge < -0.3 is 14.2 Å². The van der Waals surface area contributed by atoms with Crippen LogP contribution in [0.4, 0.5) is 0 Å². The molecule has 2 rings (SSSR count). The standard InChI is InChI=1S/C19H23ClINO5S/c1-25-12-28-16-7-8-22(10-13(16)9-17(23)27-11-21)18(19(24)26-2)14-5-3-4-6-15(14)20/h3-6,9,16,18H,7-8,10-12H2,1-2H3/b13-9-/t16?,18-/m0/s1. The zero-order valence-corrected chi connectivity index (χ0v) is 19.5. The first-order valence-corrected chi connectivity index (χ1v) is 11.6. The summed E-state index contributed by atoms with van der Waals surface area (Å²) in [6.07, 6.45) is 2.29. The van der Waals surface area contributed by atoms with Gasteiger partial charge in [0, 0.05) is 36.5 Å². The zero-order chi connectivity index (χ0) is 20.5. The van der Waals surface area contributed by atoms with E-state index in [1.54, 1.807) is 24.9 Å². The van der Waals surface area contributed by atoms with Crippen LogP contribution < -0.4 is 0 Å². The van der Waals surface area contributed by atoms with Gasteiger partial charge >= 0.3 is 11.9 Å². The number of benzene rings is 1. The second-order valence-corrected chi connectivity index (χ2v) is 8.23. The number of hydrogen-bond acceptors (Lipinski definition) is 7. The number of nitrogens with zero attached hydrogens (tertiary/aromatic N) is 1. The summed E-state index contributed by atoms with van der Waals surface area (Å²) < 4.78 is 15.6. The molecule has 1 aromatic carbocycles. The van der Waals surface area contributed by atoms with Crippen LogP contribution in [0.5, 0.6) is 0 Å². The number of piperidine rings is 1. The molecule has 2 atom stereocenters. The molecule has 154 valence electrons. The molecule has 1 aliphatic rings. The van der Waals surface area contributed by atoms with Gasteiger partial charge in [-0.2, -0.15) is 0 Å². The third-order valence-electron chi connectivity index (χ3n) is 4.35. The van der Waals surface area contributed by atoms with Crippen molar-refractivity contribution in [3.63, 3.8) is 0 Å². The van der Waals surface area contributed by atoms with E-state index in [0.717, 1.165) is 12.0 Å². The molecule has 1 heterocycles. The molecule has 9 heteroatoms. The Hall–Kier alpha value is -0.810. The van der Waals surface area contributed by atoms with Crippen molar-refractivity contribution in [1.29, 1.82) is 0 Å². The highest BCUT2D eigenvalue weighted by molar-refractivity contribution is 14.1. The molecule has 1 aliphatic heterocycles. The SMILES string of the molecule is COCSC1CCN([C@H](C(=O)OC)c2ccccc2Cl)C/C1=C/C(=O)OCI. The van der Waals surface area contributed by atoms with Crippen LogP contribution in [0.3, 0.4) is 0 Å². The molecule has 1 saturated heterocycles. The normalized spacial score (nSPS) is 20.0. The van der Waals surface area contributed by atoms with Gasteiger partial charge in [0.2, 0.25) is 0 Å². The minimum absolute atomic E-state index is 0.113. The maximum Gasteiger partial charge on any atom is 0.331 e. The van der Waals surface area contributed by atoms with E-state index in [0.29, 0.717) is 29.6 Å². The maximum absolute atomic E-state index is 12.6. The van der Waals surface area contributed by atoms with E-state index < -0.39 is 6.04 Å². The molecule has 0 aromatic heterocycles. The smallest absolute Gasteiger partial charge is 0.331 e. The lowest BCUT2D eigenvalue weighted by Crippen LogP contribution is -2.43. The second kappa shape index (κ2) is 12.0. The molecular weight excluding hydrogens is 517 g/mol. The summed E-state index contributed by atoms with van der Waals surface area (Å²) in [7, 11) is 3.00. The number of ether oxygens (including phenoxy) is 3. The van der Waals surface area contributed by atoms with Gasteiger partial charge in [-0.05, 0) is 46.2 Å². The molecule has 6 nitrogen and oxygen atoms in total. The summed E-state index contributed by atoms with van der Waals surface area (Å²) >= 11 is 9.96. The Morgan fingerprint density at radius 3 is 2.79 bits per heavy atom. The fourth-order valence-corrected chi connectivity index (χ4v) is 4.59. The van der Waals surface area contributed by atoms with Crippen molar-refractivity contribution in [3.8, 4) is 0 Å². The Balaban J connectivity index is 2.31. The minimum atomic E-state index is -0.643. The van der Waals surface area contributed by atoms with Gasteiger partial charge in [0.15, 0.2) is 0 Å². The molecule has 0 saturated carbocycles. The Morgan fingerprint density at radius 1 is 1.39 bits per heavy atom. The Morgan fingerprint density at radius 2 is 2.14 bits per heavy atom. The molecular formula is C19H23ClINO5S. The fraction of sp³-hybridized carbons (Fsp3) is 0.474. The first kappa shape index (κ1) is 23.5. The number of likely N-dealkylation sites (tertiary alicyclic amines) is 1. The molecule has 0 amide bonds. The largest absolute Gasteiger partial charge is 0.468 e. The van der Waals surface area contributed by atoms with Crippen LogP contribution >= 0.6 is 46.0 Å². The van der Waals surface area contributed by atoms with Crippen LogP contribution in [0, 0.1) is 0 Å². The van der Waals surface area contributed by atoms with E-state index in [9.17, 15) is 9.59 Å². The quantitative estimate of drug-likeness (QED) is 0.164. The van der Waals surface area contributed by atoms with E-state index in [-0.39, 0.29) is 21.8 Å². The van der Waals surface area contributed by atoms with Gasteiger partial charge in [-0.25, -0.2) is 9.59 Å². The van der Waals surface area contributed by atoms with Gasteiger partial charge in [0.05, 0.1) is 13.0 Å². The van der Waals surface area contributed by atoms with Crippen molar-refractivity contribution in [2.75, 3.05) is 37.9 Å². The minimum Gasteiger partial charge on any atom is -0.468 e. The number of hydrogen-bond donors (Lipinski definition) is 0. The summed E-state index contributed by atoms with van der Waals surface area (Å²) in [5, 5.41) is 0.617. The Kier molecular flexibility index (Phi) is 10.1. The van der Waals surface area contributed by atoms with E-state index in [1.165, 1.54) is 13.2 Å². The van der Waals surface area contributed by atoms with Crippen molar-refractivity contribution < 1.29 is 23.8 Å². The fourth-order valence-electron chi connectivity index (χ4n) is 3.11. The van der Waals surface area contributed by atoms with Crippen molar-refractivity contribution >= 4 is 57.9 Å². The number of esters is 2. The van der Waals surface area contributed by atoms with Crippen LogP contribution in [0.2, 0.25) is 5.02 Å². The number of rotatable bonds is 8. The van der Waals surface area contributed by atoms with Gasteiger partial charge in [0.25, 0.3) is 0 Å². The predicted molar refractivity (Wildman–Crippen MR) is 119 cm³/mol. The highest BCUT2D eigenvalue weighted by atomic mass is 127. The molecule has 1 aromatic rings. The molecule has 0 radical (unpaired) electrons. The molecule has 1 fully saturated rings. The average Bonchev–Trinajstić information content (AvgIpc) is 2.69. The number of methoxy groups -OCH3 is 2. The number of halogens is 2. The molecule has 0 bridgehead atoms.